The van der Waals surface area contributed by atoms with Crippen molar-refractivity contribution in [2.45, 2.75) is 18.6 Å². The molecule has 0 bridgehead atoms. The molecule has 0 spiro atoms. The predicted octanol–water partition coefficient (Wildman–Crippen LogP) is 2.72. The van der Waals surface area contributed by atoms with Crippen molar-refractivity contribution in [2.75, 3.05) is 31.2 Å². The minimum absolute atomic E-state index is 0. The van der Waals surface area contributed by atoms with Crippen molar-refractivity contribution < 1.29 is 22.7 Å². The average Bonchev–Trinajstić information content (AvgIpc) is 2.52. The van der Waals surface area contributed by atoms with Gasteiger partial charge in [0.2, 0.25) is 5.91 Å². The first-order valence-electron chi connectivity index (χ1n) is 7.33. The van der Waals surface area contributed by atoms with E-state index in [0.29, 0.717) is 6.42 Å². The Hall–Kier alpha value is -1.12. The molecular weight excluding hydrogens is 365 g/mol. The van der Waals surface area contributed by atoms with Crippen molar-refractivity contribution in [2.24, 2.45) is 0 Å². The second kappa shape index (κ2) is 10.0. The summed E-state index contributed by atoms with van der Waals surface area (Å²) in [5.74, 6) is 2.02. The van der Waals surface area contributed by atoms with E-state index in [4.69, 9.17) is 4.74 Å². The lowest BCUT2D eigenvalue weighted by molar-refractivity contribution is -0.137. The lowest BCUT2D eigenvalue weighted by atomic mass is 10.2. The molecule has 0 aliphatic carbocycles. The highest BCUT2D eigenvalue weighted by Gasteiger charge is 2.30. The lowest BCUT2D eigenvalue weighted by Crippen LogP contribution is -2.41. The van der Waals surface area contributed by atoms with Crippen LogP contribution in [-0.4, -0.2) is 43.2 Å². The van der Waals surface area contributed by atoms with Crippen LogP contribution in [0.4, 0.5) is 13.2 Å². The standard InChI is InChI=1S/C15H19F3N2O2S.ClH/c16-15(17,18)11-2-1-3-13(8-11)22-6-4-20-14(21)9-12-10-23-7-5-19-12;/h1-3,8,12,19H,4-7,9-10H2,(H,20,21);1H. The molecule has 1 aliphatic heterocycles. The van der Waals surface area contributed by atoms with Crippen LogP contribution in [0.25, 0.3) is 0 Å². The Labute approximate surface area is 149 Å². The number of nitrogens with one attached hydrogen (secondary N) is 2. The Balaban J connectivity index is 0.00000288. The van der Waals surface area contributed by atoms with Crippen molar-refractivity contribution in [3.63, 3.8) is 0 Å². The number of amides is 1. The van der Waals surface area contributed by atoms with Crippen molar-refractivity contribution in [3.8, 4) is 5.75 Å². The summed E-state index contributed by atoms with van der Waals surface area (Å²) in [6.45, 7) is 1.29. The molecule has 0 saturated carbocycles. The smallest absolute Gasteiger partial charge is 0.416 e. The van der Waals surface area contributed by atoms with E-state index in [9.17, 15) is 18.0 Å². The van der Waals surface area contributed by atoms with Gasteiger partial charge in [0, 0.05) is 30.5 Å². The molecule has 2 rings (SSSR count). The normalized spacial score (nSPS) is 17.7. The van der Waals surface area contributed by atoms with Gasteiger partial charge in [0.25, 0.3) is 0 Å². The minimum atomic E-state index is -4.39. The molecule has 2 N–H and O–H groups in total. The van der Waals surface area contributed by atoms with Gasteiger partial charge in [0.05, 0.1) is 12.1 Å². The first-order chi connectivity index (χ1) is 10.9. The van der Waals surface area contributed by atoms with E-state index < -0.39 is 11.7 Å². The van der Waals surface area contributed by atoms with Gasteiger partial charge in [-0.05, 0) is 18.2 Å². The molecule has 1 saturated heterocycles. The maximum Gasteiger partial charge on any atom is 0.416 e. The van der Waals surface area contributed by atoms with E-state index in [2.05, 4.69) is 10.6 Å². The van der Waals surface area contributed by atoms with Crippen LogP contribution in [0.15, 0.2) is 24.3 Å². The molecule has 0 aromatic heterocycles. The number of benzene rings is 1. The molecule has 1 aromatic rings. The van der Waals surface area contributed by atoms with Crippen molar-refractivity contribution in [3.05, 3.63) is 29.8 Å². The van der Waals surface area contributed by atoms with Gasteiger partial charge in [0.1, 0.15) is 12.4 Å². The zero-order valence-corrected chi connectivity index (χ0v) is 14.5. The molecule has 1 unspecified atom stereocenters. The summed E-state index contributed by atoms with van der Waals surface area (Å²) < 4.78 is 42.9. The van der Waals surface area contributed by atoms with Crippen molar-refractivity contribution in [1.29, 1.82) is 0 Å². The quantitative estimate of drug-likeness (QED) is 0.740. The monoisotopic (exact) mass is 384 g/mol. The summed E-state index contributed by atoms with van der Waals surface area (Å²) >= 11 is 1.81. The third-order valence-corrected chi connectivity index (χ3v) is 4.42. The van der Waals surface area contributed by atoms with Crippen LogP contribution in [0.2, 0.25) is 0 Å². The number of hydrogen-bond acceptors (Lipinski definition) is 4. The van der Waals surface area contributed by atoms with Gasteiger partial charge in [-0.25, -0.2) is 0 Å². The molecule has 0 radical (unpaired) electrons. The highest BCUT2D eigenvalue weighted by Crippen LogP contribution is 2.31. The second-order valence-electron chi connectivity index (χ2n) is 5.15. The number of rotatable bonds is 6. The molecule has 1 atom stereocenters. The predicted molar refractivity (Wildman–Crippen MR) is 90.9 cm³/mol. The first-order valence-corrected chi connectivity index (χ1v) is 8.48. The van der Waals surface area contributed by atoms with Crippen LogP contribution in [-0.2, 0) is 11.0 Å². The van der Waals surface area contributed by atoms with E-state index in [1.165, 1.54) is 12.1 Å². The second-order valence-corrected chi connectivity index (χ2v) is 6.30. The summed E-state index contributed by atoms with van der Waals surface area (Å²) in [5.41, 5.74) is -0.750. The molecule has 1 aromatic carbocycles. The maximum atomic E-state index is 12.6. The highest BCUT2D eigenvalue weighted by molar-refractivity contribution is 7.99. The van der Waals surface area contributed by atoms with Gasteiger partial charge in [-0.2, -0.15) is 24.9 Å². The van der Waals surface area contributed by atoms with Gasteiger partial charge in [-0.15, -0.1) is 12.4 Å². The van der Waals surface area contributed by atoms with Crippen LogP contribution in [0, 0.1) is 0 Å². The number of alkyl halides is 3. The summed E-state index contributed by atoms with van der Waals surface area (Å²) in [4.78, 5) is 11.7. The number of carbonyl (C=O) groups is 1. The maximum absolute atomic E-state index is 12.6. The molecule has 1 fully saturated rings. The topological polar surface area (TPSA) is 50.4 Å². The van der Waals surface area contributed by atoms with Gasteiger partial charge < -0.3 is 15.4 Å². The summed E-state index contributed by atoms with van der Waals surface area (Å²) in [7, 11) is 0. The average molecular weight is 385 g/mol. The fourth-order valence-electron chi connectivity index (χ4n) is 2.17. The van der Waals surface area contributed by atoms with Crippen LogP contribution in [0.1, 0.15) is 12.0 Å². The Kier molecular flexibility index (Phi) is 8.72. The van der Waals surface area contributed by atoms with Gasteiger partial charge in [-0.1, -0.05) is 6.07 Å². The highest BCUT2D eigenvalue weighted by atomic mass is 35.5. The zero-order chi connectivity index (χ0) is 16.7. The Morgan fingerprint density at radius 2 is 2.21 bits per heavy atom. The number of carbonyl (C=O) groups excluding carboxylic acids is 1. The third-order valence-electron chi connectivity index (χ3n) is 3.28. The number of halogens is 4. The summed E-state index contributed by atoms with van der Waals surface area (Å²) in [5, 5.41) is 5.98. The van der Waals surface area contributed by atoms with E-state index in [1.807, 2.05) is 11.8 Å². The molecular formula is C15H20ClF3N2O2S. The van der Waals surface area contributed by atoms with Crippen molar-refractivity contribution >= 4 is 30.1 Å². The van der Waals surface area contributed by atoms with Gasteiger partial charge >= 0.3 is 6.18 Å². The Morgan fingerprint density at radius 1 is 1.42 bits per heavy atom. The number of hydrogen-bond donors (Lipinski definition) is 2. The van der Waals surface area contributed by atoms with Crippen LogP contribution < -0.4 is 15.4 Å². The molecule has 1 heterocycles. The third kappa shape index (κ3) is 7.19. The molecule has 1 amide bonds. The van der Waals surface area contributed by atoms with E-state index >= 15 is 0 Å². The lowest BCUT2D eigenvalue weighted by Gasteiger charge is -2.22. The summed E-state index contributed by atoms with van der Waals surface area (Å²) in [6, 6.07) is 4.87. The molecule has 4 nitrogen and oxygen atoms in total. The Morgan fingerprint density at radius 3 is 2.88 bits per heavy atom. The van der Waals surface area contributed by atoms with Gasteiger partial charge in [-0.3, -0.25) is 4.79 Å². The van der Waals surface area contributed by atoms with Crippen LogP contribution >= 0.6 is 24.2 Å². The first kappa shape index (κ1) is 20.9. The fraction of sp³-hybridized carbons (Fsp3) is 0.533. The van der Waals surface area contributed by atoms with Crippen LogP contribution in [0.5, 0.6) is 5.75 Å². The molecule has 24 heavy (non-hydrogen) atoms. The number of thioether (sulfide) groups is 1. The van der Waals surface area contributed by atoms with Crippen molar-refractivity contribution in [1.82, 2.24) is 10.6 Å². The van der Waals surface area contributed by atoms with E-state index in [1.54, 1.807) is 0 Å². The number of ether oxygens (including phenoxy) is 1. The van der Waals surface area contributed by atoms with Gasteiger partial charge in [0.15, 0.2) is 0 Å². The summed E-state index contributed by atoms with van der Waals surface area (Å²) in [6.07, 6.45) is -3.99. The van der Waals surface area contributed by atoms with E-state index in [-0.39, 0.29) is 43.3 Å². The SMILES string of the molecule is Cl.O=C(CC1CSCCN1)NCCOc1cccc(C(F)(F)F)c1. The molecule has 9 heteroatoms. The molecule has 1 aliphatic rings. The minimum Gasteiger partial charge on any atom is -0.492 e. The molecule has 136 valence electrons. The van der Waals surface area contributed by atoms with E-state index in [0.717, 1.165) is 30.2 Å². The largest absolute Gasteiger partial charge is 0.492 e. The Bertz CT molecular complexity index is 526. The zero-order valence-electron chi connectivity index (χ0n) is 12.9. The van der Waals surface area contributed by atoms with Crippen LogP contribution in [0.3, 0.4) is 0 Å². The fourth-order valence-corrected chi connectivity index (χ4v) is 3.12.